The fraction of sp³-hybridized carbons (Fsp3) is 0.235. The van der Waals surface area contributed by atoms with E-state index >= 15 is 0 Å². The van der Waals surface area contributed by atoms with Crippen molar-refractivity contribution < 1.29 is 17.9 Å². The summed E-state index contributed by atoms with van der Waals surface area (Å²) in [6.45, 7) is 1.46. The zero-order chi connectivity index (χ0) is 19.5. The standard InChI is InChI=1S/C17H18Cl2N2O4S/c1-11-8-13(26(23,24)21(2)3)5-7-16(11)25-10-17(22)20-15-6-4-12(18)9-14(15)19/h4-9H,10H2,1-3H3,(H,20,22). The highest BCUT2D eigenvalue weighted by Gasteiger charge is 2.18. The van der Waals surface area contributed by atoms with Crippen molar-refractivity contribution >= 4 is 44.8 Å². The van der Waals surface area contributed by atoms with Crippen molar-refractivity contribution in [3.05, 3.63) is 52.0 Å². The summed E-state index contributed by atoms with van der Waals surface area (Å²) in [6.07, 6.45) is 0. The SMILES string of the molecule is Cc1cc(S(=O)(=O)N(C)C)ccc1OCC(=O)Nc1ccc(Cl)cc1Cl. The molecule has 0 heterocycles. The van der Waals surface area contributed by atoms with Crippen molar-refractivity contribution in [1.29, 1.82) is 0 Å². The Morgan fingerprint density at radius 2 is 1.85 bits per heavy atom. The lowest BCUT2D eigenvalue weighted by molar-refractivity contribution is -0.118. The molecule has 0 saturated carbocycles. The molecule has 0 fully saturated rings. The number of amides is 1. The zero-order valence-electron chi connectivity index (χ0n) is 14.4. The van der Waals surface area contributed by atoms with E-state index in [1.807, 2.05) is 0 Å². The van der Waals surface area contributed by atoms with Crippen LogP contribution in [0.15, 0.2) is 41.3 Å². The summed E-state index contributed by atoms with van der Waals surface area (Å²) < 4.78 is 30.8. The first-order valence-electron chi connectivity index (χ1n) is 7.52. The second-order valence-electron chi connectivity index (χ2n) is 5.68. The molecule has 9 heteroatoms. The maximum absolute atomic E-state index is 12.1. The highest BCUT2D eigenvalue weighted by Crippen LogP contribution is 2.26. The number of carbonyl (C=O) groups is 1. The molecule has 0 aliphatic carbocycles. The molecule has 0 spiro atoms. The molecule has 2 rings (SSSR count). The zero-order valence-corrected chi connectivity index (χ0v) is 16.7. The molecule has 2 aromatic carbocycles. The van der Waals surface area contributed by atoms with Gasteiger partial charge in [-0.25, -0.2) is 12.7 Å². The number of nitrogens with one attached hydrogen (secondary N) is 1. The highest BCUT2D eigenvalue weighted by molar-refractivity contribution is 7.89. The van der Waals surface area contributed by atoms with Crippen LogP contribution in [-0.4, -0.2) is 39.3 Å². The van der Waals surface area contributed by atoms with Crippen LogP contribution in [0.2, 0.25) is 10.0 Å². The number of carbonyl (C=O) groups excluding carboxylic acids is 1. The Bertz CT molecular complexity index is 930. The van der Waals surface area contributed by atoms with E-state index < -0.39 is 15.9 Å². The highest BCUT2D eigenvalue weighted by atomic mass is 35.5. The van der Waals surface area contributed by atoms with E-state index in [0.29, 0.717) is 27.0 Å². The smallest absolute Gasteiger partial charge is 0.262 e. The summed E-state index contributed by atoms with van der Waals surface area (Å²) in [5.41, 5.74) is 1.03. The predicted octanol–water partition coefficient (Wildman–Crippen LogP) is 3.57. The number of benzene rings is 2. The van der Waals surface area contributed by atoms with Gasteiger partial charge in [0.2, 0.25) is 10.0 Å². The van der Waals surface area contributed by atoms with E-state index in [0.717, 1.165) is 4.31 Å². The maximum atomic E-state index is 12.1. The van der Waals surface area contributed by atoms with Crippen LogP contribution in [0, 0.1) is 6.92 Å². The monoisotopic (exact) mass is 416 g/mol. The lowest BCUT2D eigenvalue weighted by Crippen LogP contribution is -2.22. The number of hydrogen-bond donors (Lipinski definition) is 1. The van der Waals surface area contributed by atoms with Crippen molar-refractivity contribution in [3.8, 4) is 5.75 Å². The van der Waals surface area contributed by atoms with Gasteiger partial charge >= 0.3 is 0 Å². The summed E-state index contributed by atoms with van der Waals surface area (Å²) in [4.78, 5) is 12.2. The van der Waals surface area contributed by atoms with Gasteiger partial charge in [0.1, 0.15) is 5.75 Å². The van der Waals surface area contributed by atoms with Crippen LogP contribution in [0.25, 0.3) is 0 Å². The van der Waals surface area contributed by atoms with Crippen LogP contribution >= 0.6 is 23.2 Å². The molecule has 0 aliphatic rings. The average Bonchev–Trinajstić information content (AvgIpc) is 2.56. The van der Waals surface area contributed by atoms with Gasteiger partial charge in [-0.05, 0) is 48.9 Å². The number of anilines is 1. The van der Waals surface area contributed by atoms with Crippen LogP contribution in [0.1, 0.15) is 5.56 Å². The van der Waals surface area contributed by atoms with Crippen molar-refractivity contribution in [1.82, 2.24) is 4.31 Å². The number of rotatable bonds is 6. The van der Waals surface area contributed by atoms with Gasteiger partial charge < -0.3 is 10.1 Å². The fourth-order valence-electron chi connectivity index (χ4n) is 2.08. The van der Waals surface area contributed by atoms with Crippen molar-refractivity contribution in [2.24, 2.45) is 0 Å². The predicted molar refractivity (Wildman–Crippen MR) is 103 cm³/mol. The van der Waals surface area contributed by atoms with E-state index in [1.54, 1.807) is 19.1 Å². The summed E-state index contributed by atoms with van der Waals surface area (Å²) in [6, 6.07) is 9.18. The molecular formula is C17H18Cl2N2O4S. The molecule has 0 saturated heterocycles. The van der Waals surface area contributed by atoms with Crippen LogP contribution in [0.4, 0.5) is 5.69 Å². The van der Waals surface area contributed by atoms with Crippen molar-refractivity contribution in [2.45, 2.75) is 11.8 Å². The number of sulfonamides is 1. The lowest BCUT2D eigenvalue weighted by atomic mass is 10.2. The Morgan fingerprint density at radius 3 is 2.42 bits per heavy atom. The first-order chi connectivity index (χ1) is 12.1. The quantitative estimate of drug-likeness (QED) is 0.780. The largest absolute Gasteiger partial charge is 0.483 e. The Morgan fingerprint density at radius 1 is 1.15 bits per heavy atom. The van der Waals surface area contributed by atoms with Crippen LogP contribution in [0.3, 0.4) is 0 Å². The molecule has 6 nitrogen and oxygen atoms in total. The fourth-order valence-corrected chi connectivity index (χ4v) is 3.52. The lowest BCUT2D eigenvalue weighted by Gasteiger charge is -2.14. The molecule has 1 N–H and O–H groups in total. The van der Waals surface area contributed by atoms with Crippen molar-refractivity contribution in [3.63, 3.8) is 0 Å². The molecule has 0 bridgehead atoms. The number of ether oxygens (including phenoxy) is 1. The Labute approximate surface area is 162 Å². The first kappa shape index (κ1) is 20.5. The number of aryl methyl sites for hydroxylation is 1. The third kappa shape index (κ3) is 4.88. The van der Waals surface area contributed by atoms with Gasteiger partial charge in [0, 0.05) is 19.1 Å². The Kier molecular flexibility index (Phi) is 6.52. The number of hydrogen-bond acceptors (Lipinski definition) is 4. The van der Waals surface area contributed by atoms with E-state index in [4.69, 9.17) is 27.9 Å². The van der Waals surface area contributed by atoms with E-state index in [2.05, 4.69) is 5.32 Å². The summed E-state index contributed by atoms with van der Waals surface area (Å²) >= 11 is 11.8. The summed E-state index contributed by atoms with van der Waals surface area (Å²) in [7, 11) is -0.604. The molecule has 2 aromatic rings. The minimum absolute atomic E-state index is 0.157. The van der Waals surface area contributed by atoms with Gasteiger partial charge in [-0.3, -0.25) is 4.79 Å². The van der Waals surface area contributed by atoms with Crippen LogP contribution in [-0.2, 0) is 14.8 Å². The van der Waals surface area contributed by atoms with Gasteiger partial charge in [-0.1, -0.05) is 23.2 Å². The maximum Gasteiger partial charge on any atom is 0.262 e. The topological polar surface area (TPSA) is 75.7 Å². The molecule has 0 atom stereocenters. The van der Waals surface area contributed by atoms with Gasteiger partial charge in [-0.2, -0.15) is 0 Å². The number of nitrogens with zero attached hydrogens (tertiary/aromatic N) is 1. The third-order valence-electron chi connectivity index (χ3n) is 3.49. The Balaban J connectivity index is 2.04. The Hall–Kier alpha value is -1.80. The molecule has 0 radical (unpaired) electrons. The van der Waals surface area contributed by atoms with Gasteiger partial charge in [0.25, 0.3) is 5.91 Å². The van der Waals surface area contributed by atoms with Gasteiger partial charge in [-0.15, -0.1) is 0 Å². The average molecular weight is 417 g/mol. The number of halogens is 2. The summed E-state index contributed by atoms with van der Waals surface area (Å²) in [5.74, 6) is 0.0127. The second kappa shape index (κ2) is 8.26. The molecule has 0 unspecified atom stereocenters. The molecule has 0 aliphatic heterocycles. The van der Waals surface area contributed by atoms with Crippen LogP contribution in [0.5, 0.6) is 5.75 Å². The first-order valence-corrected chi connectivity index (χ1v) is 9.71. The molecule has 140 valence electrons. The molecule has 1 amide bonds. The molecule has 26 heavy (non-hydrogen) atoms. The molecule has 0 aromatic heterocycles. The normalized spacial score (nSPS) is 11.5. The van der Waals surface area contributed by atoms with Gasteiger partial charge in [0.05, 0.1) is 15.6 Å². The third-order valence-corrected chi connectivity index (χ3v) is 5.85. The van der Waals surface area contributed by atoms with Crippen LogP contribution < -0.4 is 10.1 Å². The minimum Gasteiger partial charge on any atom is -0.483 e. The summed E-state index contributed by atoms with van der Waals surface area (Å²) in [5, 5.41) is 3.41. The second-order valence-corrected chi connectivity index (χ2v) is 8.67. The van der Waals surface area contributed by atoms with Crippen molar-refractivity contribution in [2.75, 3.05) is 26.0 Å². The van der Waals surface area contributed by atoms with E-state index in [1.165, 1.54) is 38.4 Å². The van der Waals surface area contributed by atoms with E-state index in [-0.39, 0.29) is 11.5 Å². The van der Waals surface area contributed by atoms with Gasteiger partial charge in [0.15, 0.2) is 6.61 Å². The molecular weight excluding hydrogens is 399 g/mol. The van der Waals surface area contributed by atoms with E-state index in [9.17, 15) is 13.2 Å². The minimum atomic E-state index is -3.52.